The first-order valence-electron chi connectivity index (χ1n) is 6.58. The second-order valence-corrected chi connectivity index (χ2v) is 4.94. The second kappa shape index (κ2) is 6.92. The number of rotatable bonds is 6. The number of carbonyl (C=O) groups is 2. The first-order chi connectivity index (χ1) is 8.95. The molecule has 0 radical (unpaired) electrons. The summed E-state index contributed by atoms with van der Waals surface area (Å²) >= 11 is 0. The Labute approximate surface area is 114 Å². The second-order valence-electron chi connectivity index (χ2n) is 4.94. The summed E-state index contributed by atoms with van der Waals surface area (Å²) in [6.45, 7) is 5.83. The van der Waals surface area contributed by atoms with E-state index in [0.717, 1.165) is 17.5 Å². The molecule has 4 nitrogen and oxygen atoms in total. The molecule has 1 aromatic rings. The molecule has 0 saturated carbocycles. The molecule has 104 valence electrons. The van der Waals surface area contributed by atoms with Gasteiger partial charge in [-0.15, -0.1) is 0 Å². The summed E-state index contributed by atoms with van der Waals surface area (Å²) in [6.07, 6.45) is 1.06. The molecule has 0 aromatic heterocycles. The Balaban J connectivity index is 2.68. The number of benzene rings is 1. The number of carbonyl (C=O) groups excluding carboxylic acids is 2. The predicted molar refractivity (Wildman–Crippen MR) is 75.5 cm³/mol. The van der Waals surface area contributed by atoms with Crippen molar-refractivity contribution in [1.29, 1.82) is 0 Å². The lowest BCUT2D eigenvalue weighted by atomic mass is 9.98. The fourth-order valence-corrected chi connectivity index (χ4v) is 1.94. The highest BCUT2D eigenvalue weighted by molar-refractivity contribution is 5.87. The number of amides is 2. The van der Waals surface area contributed by atoms with E-state index in [1.165, 1.54) is 0 Å². The van der Waals surface area contributed by atoms with Crippen LogP contribution in [0.5, 0.6) is 0 Å². The Morgan fingerprint density at radius 1 is 1.32 bits per heavy atom. The molecule has 0 spiro atoms. The van der Waals surface area contributed by atoms with Crippen LogP contribution in [-0.4, -0.2) is 17.9 Å². The number of nitrogens with two attached hydrogens (primary N) is 1. The van der Waals surface area contributed by atoms with Gasteiger partial charge in [0.05, 0.1) is 6.42 Å². The number of primary amides is 1. The average Bonchev–Trinajstić information content (AvgIpc) is 2.37. The van der Waals surface area contributed by atoms with Gasteiger partial charge < -0.3 is 11.1 Å². The highest BCUT2D eigenvalue weighted by Gasteiger charge is 2.23. The molecule has 1 aromatic carbocycles. The van der Waals surface area contributed by atoms with Gasteiger partial charge in [-0.1, -0.05) is 44.5 Å². The maximum Gasteiger partial charge on any atom is 0.240 e. The van der Waals surface area contributed by atoms with Crippen molar-refractivity contribution < 1.29 is 9.59 Å². The zero-order valence-corrected chi connectivity index (χ0v) is 11.8. The number of hydrogen-bond donors (Lipinski definition) is 2. The van der Waals surface area contributed by atoms with Gasteiger partial charge in [-0.25, -0.2) is 0 Å². The van der Waals surface area contributed by atoms with Crippen molar-refractivity contribution >= 4 is 11.8 Å². The molecule has 3 N–H and O–H groups in total. The minimum atomic E-state index is -0.596. The fraction of sp³-hybridized carbons (Fsp3) is 0.467. The van der Waals surface area contributed by atoms with Crippen LogP contribution in [0.3, 0.4) is 0 Å². The molecule has 0 heterocycles. The van der Waals surface area contributed by atoms with Gasteiger partial charge in [-0.05, 0) is 24.0 Å². The maximum atomic E-state index is 12.0. The Bertz CT molecular complexity index is 457. The van der Waals surface area contributed by atoms with Gasteiger partial charge in [0.15, 0.2) is 0 Å². The molecule has 19 heavy (non-hydrogen) atoms. The van der Waals surface area contributed by atoms with Crippen molar-refractivity contribution in [2.24, 2.45) is 11.7 Å². The van der Waals surface area contributed by atoms with Gasteiger partial charge in [0.25, 0.3) is 0 Å². The Kier molecular flexibility index (Phi) is 5.55. The number of nitrogens with one attached hydrogen (secondary N) is 1. The van der Waals surface area contributed by atoms with Gasteiger partial charge in [0, 0.05) is 0 Å². The Morgan fingerprint density at radius 2 is 1.95 bits per heavy atom. The molecular weight excluding hydrogens is 240 g/mol. The Morgan fingerprint density at radius 3 is 2.47 bits per heavy atom. The van der Waals surface area contributed by atoms with Gasteiger partial charge in [-0.2, -0.15) is 0 Å². The first kappa shape index (κ1) is 15.2. The van der Waals surface area contributed by atoms with Crippen LogP contribution in [0.2, 0.25) is 0 Å². The summed E-state index contributed by atoms with van der Waals surface area (Å²) in [5.41, 5.74) is 7.36. The van der Waals surface area contributed by atoms with E-state index in [1.807, 2.05) is 45.0 Å². The van der Waals surface area contributed by atoms with E-state index in [-0.39, 0.29) is 18.2 Å². The molecule has 2 atom stereocenters. The van der Waals surface area contributed by atoms with E-state index < -0.39 is 11.9 Å². The topological polar surface area (TPSA) is 72.2 Å². The van der Waals surface area contributed by atoms with Crippen LogP contribution >= 0.6 is 0 Å². The summed E-state index contributed by atoms with van der Waals surface area (Å²) in [7, 11) is 0. The quantitative estimate of drug-likeness (QED) is 0.816. The number of aryl methyl sites for hydroxylation is 1. The normalized spacial score (nSPS) is 13.6. The van der Waals surface area contributed by atoms with E-state index in [4.69, 9.17) is 5.73 Å². The van der Waals surface area contributed by atoms with E-state index in [2.05, 4.69) is 5.32 Å². The van der Waals surface area contributed by atoms with E-state index >= 15 is 0 Å². The van der Waals surface area contributed by atoms with Crippen LogP contribution in [0.15, 0.2) is 24.3 Å². The van der Waals surface area contributed by atoms with Crippen LogP contribution in [0.25, 0.3) is 0 Å². The molecular formula is C15H22N2O2. The van der Waals surface area contributed by atoms with Crippen LogP contribution in [0.1, 0.15) is 31.4 Å². The number of hydrogen-bond acceptors (Lipinski definition) is 2. The van der Waals surface area contributed by atoms with Crippen molar-refractivity contribution in [1.82, 2.24) is 5.32 Å². The molecule has 0 fully saturated rings. The van der Waals surface area contributed by atoms with E-state index in [1.54, 1.807) is 0 Å². The van der Waals surface area contributed by atoms with Gasteiger partial charge in [-0.3, -0.25) is 9.59 Å². The molecule has 4 heteroatoms. The van der Waals surface area contributed by atoms with Crippen LogP contribution < -0.4 is 11.1 Å². The minimum Gasteiger partial charge on any atom is -0.368 e. The molecule has 2 amide bonds. The van der Waals surface area contributed by atoms with E-state index in [9.17, 15) is 9.59 Å². The zero-order valence-electron chi connectivity index (χ0n) is 11.8. The zero-order chi connectivity index (χ0) is 14.4. The monoisotopic (exact) mass is 262 g/mol. The molecule has 1 rings (SSSR count). The third-order valence-corrected chi connectivity index (χ3v) is 3.45. The molecule has 0 aliphatic heterocycles. The predicted octanol–water partition coefficient (Wildman–Crippen LogP) is 1.55. The summed E-state index contributed by atoms with van der Waals surface area (Å²) in [5, 5.41) is 2.73. The highest BCUT2D eigenvalue weighted by atomic mass is 16.2. The lowest BCUT2D eigenvalue weighted by Crippen LogP contribution is -2.48. The lowest BCUT2D eigenvalue weighted by molar-refractivity contribution is -0.128. The molecule has 0 aliphatic carbocycles. The fourth-order valence-electron chi connectivity index (χ4n) is 1.94. The van der Waals surface area contributed by atoms with Crippen LogP contribution in [0, 0.1) is 12.8 Å². The molecule has 0 saturated heterocycles. The average molecular weight is 262 g/mol. The lowest BCUT2D eigenvalue weighted by Gasteiger charge is -2.21. The summed E-state index contributed by atoms with van der Waals surface area (Å²) in [4.78, 5) is 23.3. The van der Waals surface area contributed by atoms with Crippen LogP contribution in [0.4, 0.5) is 0 Å². The summed E-state index contributed by atoms with van der Waals surface area (Å²) in [5.74, 6) is -0.607. The van der Waals surface area contributed by atoms with Crippen LogP contribution in [-0.2, 0) is 16.0 Å². The van der Waals surface area contributed by atoms with Crippen molar-refractivity contribution in [2.45, 2.75) is 39.7 Å². The summed E-state index contributed by atoms with van der Waals surface area (Å²) < 4.78 is 0. The van der Waals surface area contributed by atoms with Crippen molar-refractivity contribution in [2.75, 3.05) is 0 Å². The largest absolute Gasteiger partial charge is 0.368 e. The third kappa shape index (κ3) is 4.39. The molecule has 0 aliphatic rings. The molecule has 0 bridgehead atoms. The first-order valence-corrected chi connectivity index (χ1v) is 6.58. The van der Waals surface area contributed by atoms with Gasteiger partial charge >= 0.3 is 0 Å². The van der Waals surface area contributed by atoms with Gasteiger partial charge in [0.2, 0.25) is 11.8 Å². The van der Waals surface area contributed by atoms with E-state index in [0.29, 0.717) is 0 Å². The minimum absolute atomic E-state index is 0.0401. The van der Waals surface area contributed by atoms with Crippen molar-refractivity contribution in [3.63, 3.8) is 0 Å². The molecule has 2 unspecified atom stereocenters. The summed E-state index contributed by atoms with van der Waals surface area (Å²) in [6, 6.07) is 7.11. The van der Waals surface area contributed by atoms with Crippen molar-refractivity contribution in [3.8, 4) is 0 Å². The van der Waals surface area contributed by atoms with Gasteiger partial charge in [0.1, 0.15) is 6.04 Å². The standard InChI is InChI=1S/C15H22N2O2/c1-4-10(2)14(15(16)19)17-13(18)9-12-8-6-5-7-11(12)3/h5-8,10,14H,4,9H2,1-3H3,(H2,16,19)(H,17,18). The maximum absolute atomic E-state index is 12.0. The smallest absolute Gasteiger partial charge is 0.240 e. The van der Waals surface area contributed by atoms with Crippen molar-refractivity contribution in [3.05, 3.63) is 35.4 Å². The Hall–Kier alpha value is -1.84. The highest BCUT2D eigenvalue weighted by Crippen LogP contribution is 2.10. The SMILES string of the molecule is CCC(C)C(NC(=O)Cc1ccccc1C)C(N)=O. The third-order valence-electron chi connectivity index (χ3n) is 3.45.